The minimum atomic E-state index is -1.09. The van der Waals surface area contributed by atoms with E-state index in [2.05, 4.69) is 20.8 Å². The van der Waals surface area contributed by atoms with Crippen molar-refractivity contribution in [3.63, 3.8) is 0 Å². The summed E-state index contributed by atoms with van der Waals surface area (Å²) in [6.07, 6.45) is 4.03. The van der Waals surface area contributed by atoms with Crippen LogP contribution in [-0.2, 0) is 19.1 Å². The summed E-state index contributed by atoms with van der Waals surface area (Å²) in [5.41, 5.74) is -3.46. The Morgan fingerprint density at radius 2 is 1.48 bits per heavy atom. The topological polar surface area (TPSA) is 80.7 Å². The number of carbonyl (C=O) groups excluding carboxylic acids is 2. The maximum atomic E-state index is 13.7. The van der Waals surface area contributed by atoms with Crippen LogP contribution in [0.3, 0.4) is 0 Å². The van der Waals surface area contributed by atoms with Gasteiger partial charge in [0.1, 0.15) is 11.9 Å². The first-order valence-electron chi connectivity index (χ1n) is 12.7. The van der Waals surface area contributed by atoms with Crippen LogP contribution in [0.5, 0.6) is 0 Å². The number of Topliss-reactive ketones (excluding diaryl/α,β-unsaturated/α-hetero) is 1. The average molecular weight is 465 g/mol. The molecule has 0 heterocycles. The average Bonchev–Trinajstić information content (AvgIpc) is 2.99. The van der Waals surface area contributed by atoms with Gasteiger partial charge in [0, 0.05) is 16.2 Å². The Morgan fingerprint density at radius 1 is 0.939 bits per heavy atom. The molecule has 190 valence electrons. The van der Waals surface area contributed by atoms with E-state index in [-0.39, 0.29) is 41.5 Å². The lowest BCUT2D eigenvalue weighted by molar-refractivity contribution is -0.172. The quantitative estimate of drug-likeness (QED) is 0.385. The van der Waals surface area contributed by atoms with Crippen molar-refractivity contribution in [2.75, 3.05) is 0 Å². The van der Waals surface area contributed by atoms with Gasteiger partial charge in [-0.3, -0.25) is 14.4 Å². The van der Waals surface area contributed by atoms with Gasteiger partial charge >= 0.3 is 11.9 Å². The highest BCUT2D eigenvalue weighted by molar-refractivity contribution is 5.91. The van der Waals surface area contributed by atoms with E-state index < -0.39 is 27.6 Å². The van der Waals surface area contributed by atoms with Gasteiger partial charge in [0.05, 0.1) is 10.8 Å². The second kappa shape index (κ2) is 8.37. The standard InChI is InChI=1S/C28H48O5/c1-12-26(9,22(32)33-19-15-18-13-14-28(19,11)25(18,7)8)17-27(10,20(29)23(2,3)4)16-24(5,6)21(30)31/h18-19H,12-17H2,1-11H3,(H,30,31). The number of ether oxygens (including phenoxy) is 1. The molecule has 5 atom stereocenters. The second-order valence-corrected chi connectivity index (χ2v) is 14.1. The van der Waals surface area contributed by atoms with Crippen LogP contribution < -0.4 is 0 Å². The predicted molar refractivity (Wildman–Crippen MR) is 131 cm³/mol. The van der Waals surface area contributed by atoms with Gasteiger partial charge in [0.2, 0.25) is 0 Å². The number of carboxylic acid groups (broad SMARTS) is 1. The fourth-order valence-electron chi connectivity index (χ4n) is 6.96. The smallest absolute Gasteiger partial charge is 0.312 e. The SMILES string of the molecule is CCC(C)(CC(C)(CC(C)(C)C(=O)O)C(=O)C(C)(C)C)C(=O)OC1CC2CCC1(C)C2(C)C. The Labute approximate surface area is 201 Å². The molecule has 5 nitrogen and oxygen atoms in total. The number of ketones is 1. The molecule has 2 aliphatic carbocycles. The molecule has 0 aliphatic heterocycles. The Hall–Kier alpha value is -1.39. The molecule has 33 heavy (non-hydrogen) atoms. The zero-order valence-corrected chi connectivity index (χ0v) is 23.0. The molecule has 0 aromatic rings. The van der Waals surface area contributed by atoms with Crippen molar-refractivity contribution < 1.29 is 24.2 Å². The molecule has 0 saturated heterocycles. The van der Waals surface area contributed by atoms with Crippen molar-refractivity contribution in [3.8, 4) is 0 Å². The maximum Gasteiger partial charge on any atom is 0.312 e. The minimum absolute atomic E-state index is 0.00943. The summed E-state index contributed by atoms with van der Waals surface area (Å²) >= 11 is 0. The molecule has 0 radical (unpaired) electrons. The highest BCUT2D eigenvalue weighted by Crippen LogP contribution is 2.66. The molecule has 5 unspecified atom stereocenters. The first kappa shape index (κ1) is 27.9. The van der Waals surface area contributed by atoms with E-state index in [0.717, 1.165) is 12.8 Å². The summed E-state index contributed by atoms with van der Waals surface area (Å²) in [4.78, 5) is 39.3. The number of esters is 1. The largest absolute Gasteiger partial charge is 0.481 e. The highest BCUT2D eigenvalue weighted by atomic mass is 16.5. The summed E-state index contributed by atoms with van der Waals surface area (Å²) in [6, 6.07) is 0. The fourth-order valence-corrected chi connectivity index (χ4v) is 6.96. The third-order valence-electron chi connectivity index (χ3n) is 9.66. The van der Waals surface area contributed by atoms with E-state index in [0.29, 0.717) is 12.3 Å². The molecule has 0 amide bonds. The lowest BCUT2D eigenvalue weighted by atomic mass is 9.59. The lowest BCUT2D eigenvalue weighted by Crippen LogP contribution is -2.48. The van der Waals surface area contributed by atoms with Crippen LogP contribution in [-0.4, -0.2) is 28.9 Å². The van der Waals surface area contributed by atoms with Gasteiger partial charge in [0.25, 0.3) is 0 Å². The van der Waals surface area contributed by atoms with Crippen LogP contribution in [0.2, 0.25) is 0 Å². The second-order valence-electron chi connectivity index (χ2n) is 14.1. The predicted octanol–water partition coefficient (Wildman–Crippen LogP) is 6.67. The van der Waals surface area contributed by atoms with E-state index in [1.807, 2.05) is 41.5 Å². The lowest BCUT2D eigenvalue weighted by Gasteiger charge is -2.44. The molecule has 2 saturated carbocycles. The minimum Gasteiger partial charge on any atom is -0.481 e. The molecule has 0 spiro atoms. The van der Waals surface area contributed by atoms with Gasteiger partial charge in [-0.1, -0.05) is 55.4 Å². The summed E-state index contributed by atoms with van der Waals surface area (Å²) in [5, 5.41) is 9.78. The monoisotopic (exact) mass is 464 g/mol. The van der Waals surface area contributed by atoms with Crippen LogP contribution >= 0.6 is 0 Å². The molecular weight excluding hydrogens is 416 g/mol. The van der Waals surface area contributed by atoms with Gasteiger partial charge in [-0.25, -0.2) is 0 Å². The number of hydrogen-bond acceptors (Lipinski definition) is 4. The van der Waals surface area contributed by atoms with Crippen molar-refractivity contribution in [2.45, 2.75) is 121 Å². The van der Waals surface area contributed by atoms with Crippen LogP contribution in [0.15, 0.2) is 0 Å². The first-order chi connectivity index (χ1) is 14.7. The third-order valence-corrected chi connectivity index (χ3v) is 9.66. The molecule has 2 fully saturated rings. The molecule has 0 aromatic carbocycles. The van der Waals surface area contributed by atoms with E-state index in [4.69, 9.17) is 4.74 Å². The zero-order valence-electron chi connectivity index (χ0n) is 23.0. The van der Waals surface area contributed by atoms with Crippen LogP contribution in [0.25, 0.3) is 0 Å². The van der Waals surface area contributed by atoms with Crippen LogP contribution in [0, 0.1) is 38.4 Å². The van der Waals surface area contributed by atoms with Crippen molar-refractivity contribution >= 4 is 17.7 Å². The van der Waals surface area contributed by atoms with Gasteiger partial charge in [-0.05, 0) is 70.6 Å². The number of aliphatic carboxylic acids is 1. The van der Waals surface area contributed by atoms with E-state index in [9.17, 15) is 19.5 Å². The van der Waals surface area contributed by atoms with Crippen molar-refractivity contribution in [1.82, 2.24) is 0 Å². The van der Waals surface area contributed by atoms with Gasteiger partial charge < -0.3 is 9.84 Å². The van der Waals surface area contributed by atoms with E-state index in [1.54, 1.807) is 13.8 Å². The summed E-state index contributed by atoms with van der Waals surface area (Å²) in [7, 11) is 0. The number of carbonyl (C=O) groups is 3. The fraction of sp³-hybridized carbons (Fsp3) is 0.893. The van der Waals surface area contributed by atoms with Gasteiger partial charge in [-0.15, -0.1) is 0 Å². The zero-order chi connectivity index (χ0) is 25.8. The normalized spacial score (nSPS) is 30.4. The van der Waals surface area contributed by atoms with Crippen molar-refractivity contribution in [3.05, 3.63) is 0 Å². The molecule has 2 bridgehead atoms. The highest BCUT2D eigenvalue weighted by Gasteiger charge is 2.63. The Kier molecular flexibility index (Phi) is 7.07. The number of rotatable bonds is 9. The first-order valence-corrected chi connectivity index (χ1v) is 12.7. The summed E-state index contributed by atoms with van der Waals surface area (Å²) in [6.45, 7) is 21.4. The van der Waals surface area contributed by atoms with Crippen LogP contribution in [0.4, 0.5) is 0 Å². The molecule has 2 aliphatic rings. The molecule has 0 aromatic heterocycles. The summed E-state index contributed by atoms with van der Waals surface area (Å²) in [5.74, 6) is -0.629. The van der Waals surface area contributed by atoms with E-state index >= 15 is 0 Å². The van der Waals surface area contributed by atoms with Crippen molar-refractivity contribution in [2.24, 2.45) is 38.4 Å². The summed E-state index contributed by atoms with van der Waals surface area (Å²) < 4.78 is 6.26. The van der Waals surface area contributed by atoms with Crippen LogP contribution in [0.1, 0.15) is 115 Å². The Balaban J connectivity index is 2.35. The molecule has 1 N–H and O–H groups in total. The maximum absolute atomic E-state index is 13.7. The number of fused-ring (bicyclic) bond motifs is 2. The molecule has 2 rings (SSSR count). The van der Waals surface area contributed by atoms with E-state index in [1.165, 1.54) is 6.42 Å². The molecule has 5 heteroatoms. The molecular formula is C28H48O5. The Bertz CT molecular complexity index is 804. The Morgan fingerprint density at radius 3 is 1.85 bits per heavy atom. The van der Waals surface area contributed by atoms with Gasteiger partial charge in [0.15, 0.2) is 0 Å². The number of carboxylic acids is 1. The van der Waals surface area contributed by atoms with Crippen molar-refractivity contribution in [1.29, 1.82) is 0 Å². The third kappa shape index (κ3) is 4.75. The van der Waals surface area contributed by atoms with Gasteiger partial charge in [-0.2, -0.15) is 0 Å². The number of hydrogen-bond donors (Lipinski definition) is 1.